The second kappa shape index (κ2) is 14.3. The number of benzene rings is 3. The highest BCUT2D eigenvalue weighted by molar-refractivity contribution is 6.00. The van der Waals surface area contributed by atoms with Crippen molar-refractivity contribution < 1.29 is 23.5 Å². The fourth-order valence-electron chi connectivity index (χ4n) is 4.35. The molecule has 0 saturated heterocycles. The monoisotopic (exact) mass is 557 g/mol. The number of nitrogens with zero attached hydrogens (tertiary/aromatic N) is 3. The summed E-state index contributed by atoms with van der Waals surface area (Å²) >= 11 is 0. The minimum absolute atomic E-state index is 0.168. The first-order valence-electron chi connectivity index (χ1n) is 13.6. The minimum atomic E-state index is -0.606. The first-order valence-corrected chi connectivity index (χ1v) is 13.6. The van der Waals surface area contributed by atoms with E-state index >= 15 is 0 Å². The van der Waals surface area contributed by atoms with E-state index in [1.165, 1.54) is 24.8 Å². The fourth-order valence-corrected chi connectivity index (χ4v) is 4.35. The zero-order valence-electron chi connectivity index (χ0n) is 23.9. The van der Waals surface area contributed by atoms with Gasteiger partial charge in [-0.3, -0.25) is 4.79 Å². The van der Waals surface area contributed by atoms with Gasteiger partial charge in [0.25, 0.3) is 0 Å². The number of hydrogen-bond donors (Lipinski definition) is 0. The molecule has 1 heterocycles. The molecule has 8 heteroatoms. The summed E-state index contributed by atoms with van der Waals surface area (Å²) in [4.78, 5) is 17.9. The predicted octanol–water partition coefficient (Wildman–Crippen LogP) is 6.71. The summed E-state index contributed by atoms with van der Waals surface area (Å²) in [6.07, 6.45) is 5.22. The van der Waals surface area contributed by atoms with Gasteiger partial charge in [-0.15, -0.1) is 0 Å². The maximum Gasteiger partial charge on any atom is 0.314 e. The van der Waals surface area contributed by atoms with Crippen LogP contribution in [0.25, 0.3) is 5.69 Å². The molecule has 41 heavy (non-hydrogen) atoms. The Morgan fingerprint density at radius 2 is 1.51 bits per heavy atom. The standard InChI is InChI=1S/C33H36FN3O4/c1-23(2)17-25-7-13-30(14-8-25)37-20-28(19-35-37)21-40-31-15-9-26(10-16-31)18-32(33(38)39-4)24(3)36-41-22-27-5-11-29(34)12-6-27/h5-16,19-20,23,32H,17-18,21-22H2,1-4H3. The number of hydrogen-bond acceptors (Lipinski definition) is 6. The van der Waals surface area contributed by atoms with E-state index in [0.717, 1.165) is 28.8 Å². The van der Waals surface area contributed by atoms with Crippen LogP contribution in [-0.2, 0) is 40.4 Å². The molecule has 4 rings (SSSR count). The van der Waals surface area contributed by atoms with Gasteiger partial charge in [0.05, 0.1) is 24.7 Å². The molecule has 0 saturated carbocycles. The van der Waals surface area contributed by atoms with Crippen molar-refractivity contribution in [3.05, 3.63) is 113 Å². The lowest BCUT2D eigenvalue weighted by Gasteiger charge is -2.15. The lowest BCUT2D eigenvalue weighted by atomic mass is 9.95. The van der Waals surface area contributed by atoms with Gasteiger partial charge in [-0.2, -0.15) is 5.10 Å². The SMILES string of the molecule is COC(=O)C(Cc1ccc(OCc2cnn(-c3ccc(CC(C)C)cc3)c2)cc1)C(C)=NOCc1ccc(F)cc1. The van der Waals surface area contributed by atoms with Crippen molar-refractivity contribution >= 4 is 11.7 Å². The first-order chi connectivity index (χ1) is 19.8. The van der Waals surface area contributed by atoms with Gasteiger partial charge in [0.1, 0.15) is 30.7 Å². The summed E-state index contributed by atoms with van der Waals surface area (Å²) in [6, 6.07) is 22.0. The van der Waals surface area contributed by atoms with Crippen LogP contribution in [0.2, 0.25) is 0 Å². The number of rotatable bonds is 13. The normalized spacial score (nSPS) is 12.3. The number of esters is 1. The summed E-state index contributed by atoms with van der Waals surface area (Å²) in [7, 11) is 1.35. The van der Waals surface area contributed by atoms with Gasteiger partial charge >= 0.3 is 5.97 Å². The minimum Gasteiger partial charge on any atom is -0.489 e. The first kappa shape index (κ1) is 29.5. The Morgan fingerprint density at radius 1 is 0.878 bits per heavy atom. The Balaban J connectivity index is 1.31. The Hall–Kier alpha value is -4.46. The molecule has 0 N–H and O–H groups in total. The van der Waals surface area contributed by atoms with Gasteiger partial charge in [-0.25, -0.2) is 9.07 Å². The van der Waals surface area contributed by atoms with E-state index in [9.17, 15) is 9.18 Å². The molecule has 0 aliphatic carbocycles. The van der Waals surface area contributed by atoms with Gasteiger partial charge < -0.3 is 14.3 Å². The highest BCUT2D eigenvalue weighted by Crippen LogP contribution is 2.19. The van der Waals surface area contributed by atoms with Gasteiger partial charge in [0.15, 0.2) is 0 Å². The molecule has 7 nitrogen and oxygen atoms in total. The molecular formula is C33H36FN3O4. The van der Waals surface area contributed by atoms with Gasteiger partial charge in [0.2, 0.25) is 0 Å². The Kier molecular flexibility index (Phi) is 10.3. The van der Waals surface area contributed by atoms with Gasteiger partial charge in [0, 0.05) is 11.8 Å². The maximum atomic E-state index is 13.1. The number of methoxy groups -OCH3 is 1. The third-order valence-corrected chi connectivity index (χ3v) is 6.59. The molecule has 0 amide bonds. The summed E-state index contributed by atoms with van der Waals surface area (Å²) < 4.78 is 25.9. The maximum absolute atomic E-state index is 13.1. The van der Waals surface area contributed by atoms with Crippen LogP contribution >= 0.6 is 0 Å². The van der Waals surface area contributed by atoms with Crippen molar-refractivity contribution in [2.75, 3.05) is 7.11 Å². The third kappa shape index (κ3) is 8.76. The summed E-state index contributed by atoms with van der Waals surface area (Å²) in [5.41, 5.74) is 5.47. The molecule has 4 aromatic rings. The van der Waals surface area contributed by atoms with E-state index in [1.54, 1.807) is 25.3 Å². The van der Waals surface area contributed by atoms with E-state index in [0.29, 0.717) is 30.4 Å². The molecule has 0 spiro atoms. The lowest BCUT2D eigenvalue weighted by molar-refractivity contribution is -0.143. The highest BCUT2D eigenvalue weighted by Gasteiger charge is 2.24. The number of halogens is 1. The zero-order chi connectivity index (χ0) is 29.2. The van der Waals surface area contributed by atoms with Crippen molar-refractivity contribution in [2.24, 2.45) is 17.0 Å². The van der Waals surface area contributed by atoms with Crippen molar-refractivity contribution in [1.82, 2.24) is 9.78 Å². The average Bonchev–Trinajstić information content (AvgIpc) is 3.45. The summed E-state index contributed by atoms with van der Waals surface area (Å²) in [6.45, 7) is 6.71. The number of carbonyl (C=O) groups excluding carboxylic acids is 1. The molecule has 1 unspecified atom stereocenters. The largest absolute Gasteiger partial charge is 0.489 e. The van der Waals surface area contributed by atoms with Crippen molar-refractivity contribution in [3.8, 4) is 11.4 Å². The molecule has 0 fully saturated rings. The number of aromatic nitrogens is 2. The molecule has 0 bridgehead atoms. The van der Waals surface area contributed by atoms with Gasteiger partial charge in [-0.05, 0) is 78.8 Å². The molecule has 0 radical (unpaired) electrons. The average molecular weight is 558 g/mol. The van der Waals surface area contributed by atoms with E-state index in [4.69, 9.17) is 14.3 Å². The van der Waals surface area contributed by atoms with E-state index in [1.807, 2.05) is 35.1 Å². The van der Waals surface area contributed by atoms with E-state index in [-0.39, 0.29) is 12.4 Å². The van der Waals surface area contributed by atoms with Crippen LogP contribution in [0.4, 0.5) is 4.39 Å². The zero-order valence-corrected chi connectivity index (χ0v) is 23.9. The van der Waals surface area contributed by atoms with E-state index < -0.39 is 11.9 Å². The predicted molar refractivity (Wildman–Crippen MR) is 156 cm³/mol. The van der Waals surface area contributed by atoms with Gasteiger partial charge in [-0.1, -0.05) is 55.4 Å². The second-order valence-corrected chi connectivity index (χ2v) is 10.4. The molecule has 0 aliphatic heterocycles. The van der Waals surface area contributed by atoms with Crippen molar-refractivity contribution in [3.63, 3.8) is 0 Å². The van der Waals surface area contributed by atoms with Crippen molar-refractivity contribution in [1.29, 1.82) is 0 Å². The van der Waals surface area contributed by atoms with Crippen LogP contribution in [0, 0.1) is 17.7 Å². The highest BCUT2D eigenvalue weighted by atomic mass is 19.1. The van der Waals surface area contributed by atoms with Crippen LogP contribution in [-0.4, -0.2) is 28.6 Å². The number of ether oxygens (including phenoxy) is 2. The Labute approximate surface area is 240 Å². The quantitative estimate of drug-likeness (QED) is 0.104. The van der Waals surface area contributed by atoms with Crippen LogP contribution in [0.15, 0.2) is 90.3 Å². The lowest BCUT2D eigenvalue weighted by Crippen LogP contribution is -2.26. The molecular weight excluding hydrogens is 521 g/mol. The summed E-state index contributed by atoms with van der Waals surface area (Å²) in [5.74, 6) is 0.0107. The third-order valence-electron chi connectivity index (χ3n) is 6.59. The molecule has 1 atom stereocenters. The fraction of sp³-hybridized carbons (Fsp3) is 0.303. The van der Waals surface area contributed by atoms with Crippen LogP contribution in [0.3, 0.4) is 0 Å². The Bertz CT molecular complexity index is 1430. The molecule has 214 valence electrons. The topological polar surface area (TPSA) is 74.9 Å². The van der Waals surface area contributed by atoms with E-state index in [2.05, 4.69) is 48.4 Å². The van der Waals surface area contributed by atoms with Crippen LogP contribution < -0.4 is 4.74 Å². The summed E-state index contributed by atoms with van der Waals surface area (Å²) in [5, 5.41) is 8.59. The Morgan fingerprint density at radius 3 is 2.17 bits per heavy atom. The number of oxime groups is 1. The number of carbonyl (C=O) groups is 1. The molecule has 1 aromatic heterocycles. The smallest absolute Gasteiger partial charge is 0.314 e. The van der Waals surface area contributed by atoms with Crippen LogP contribution in [0.5, 0.6) is 5.75 Å². The molecule has 3 aromatic carbocycles. The van der Waals surface area contributed by atoms with Crippen molar-refractivity contribution in [2.45, 2.75) is 46.8 Å². The van der Waals surface area contributed by atoms with Crippen LogP contribution in [0.1, 0.15) is 43.0 Å². The molecule has 0 aliphatic rings. The second-order valence-electron chi connectivity index (χ2n) is 10.4.